The number of allylic oxidation sites excluding steroid dienone is 1. The van der Waals surface area contributed by atoms with E-state index in [2.05, 4.69) is 5.32 Å². The molecule has 4 N–H and O–H groups in total. The summed E-state index contributed by atoms with van der Waals surface area (Å²) in [7, 11) is 0. The molecule has 0 unspecified atom stereocenters. The third kappa shape index (κ3) is 4.52. The van der Waals surface area contributed by atoms with Crippen molar-refractivity contribution >= 4 is 17.7 Å². The second-order valence-electron chi connectivity index (χ2n) is 11.7. The number of ketones is 1. The second kappa shape index (κ2) is 10.1. The summed E-state index contributed by atoms with van der Waals surface area (Å²) < 4.78 is 5.79. The minimum absolute atomic E-state index is 0.262. The summed E-state index contributed by atoms with van der Waals surface area (Å²) in [6.45, 7) is 7.67. The predicted octanol–water partition coefficient (Wildman–Crippen LogP) is 2.11. The van der Waals surface area contributed by atoms with Crippen LogP contribution in [-0.4, -0.2) is 62.4 Å². The Morgan fingerprint density at radius 3 is 2.39 bits per heavy atom. The van der Waals surface area contributed by atoms with E-state index in [1.54, 1.807) is 32.9 Å². The molecule has 1 aromatic carbocycles. The molecule has 38 heavy (non-hydrogen) atoms. The van der Waals surface area contributed by atoms with Gasteiger partial charge in [0.05, 0.1) is 11.7 Å². The van der Waals surface area contributed by atoms with Crippen molar-refractivity contribution in [2.75, 3.05) is 0 Å². The minimum Gasteiger partial charge on any atom is -0.457 e. The number of Topliss-reactive ketones (excluding diaryl/α,β-unsaturated/α-hetero) is 1. The average Bonchev–Trinajstić information content (AvgIpc) is 3.13. The van der Waals surface area contributed by atoms with Crippen molar-refractivity contribution in [2.24, 2.45) is 29.1 Å². The number of hydrogen-bond donors (Lipinski definition) is 4. The van der Waals surface area contributed by atoms with Crippen LogP contribution in [0.1, 0.15) is 46.6 Å². The molecule has 8 nitrogen and oxygen atoms in total. The van der Waals surface area contributed by atoms with Crippen molar-refractivity contribution in [1.29, 1.82) is 0 Å². The lowest BCUT2D eigenvalue weighted by Crippen LogP contribution is -2.68. The Labute approximate surface area is 223 Å². The largest absolute Gasteiger partial charge is 0.457 e. The molecule has 10 atom stereocenters. The van der Waals surface area contributed by atoms with E-state index in [4.69, 9.17) is 4.74 Å². The molecular weight excluding hydrogens is 486 g/mol. The molecule has 1 saturated carbocycles. The van der Waals surface area contributed by atoms with Crippen LogP contribution in [0.3, 0.4) is 0 Å². The summed E-state index contributed by atoms with van der Waals surface area (Å²) in [6.07, 6.45) is 4.23. The number of aliphatic hydroxyl groups excluding tert-OH is 1. The molecule has 1 aromatic rings. The van der Waals surface area contributed by atoms with Crippen LogP contribution in [0.25, 0.3) is 0 Å². The third-order valence-electron chi connectivity index (χ3n) is 9.08. The van der Waals surface area contributed by atoms with E-state index in [0.717, 1.165) is 5.56 Å². The summed E-state index contributed by atoms with van der Waals surface area (Å²) in [5.74, 6) is -4.14. The van der Waals surface area contributed by atoms with E-state index in [9.17, 15) is 29.7 Å². The topological polar surface area (TPSA) is 133 Å². The van der Waals surface area contributed by atoms with Gasteiger partial charge in [0.1, 0.15) is 17.1 Å². The summed E-state index contributed by atoms with van der Waals surface area (Å²) >= 11 is 0. The molecule has 1 spiro atoms. The lowest BCUT2D eigenvalue weighted by Gasteiger charge is -2.57. The van der Waals surface area contributed by atoms with Crippen molar-refractivity contribution in [3.8, 4) is 0 Å². The van der Waals surface area contributed by atoms with Crippen molar-refractivity contribution in [3.63, 3.8) is 0 Å². The highest BCUT2D eigenvalue weighted by atomic mass is 16.5. The van der Waals surface area contributed by atoms with E-state index in [1.807, 2.05) is 30.3 Å². The van der Waals surface area contributed by atoms with E-state index < -0.39 is 76.2 Å². The molecule has 2 fully saturated rings. The van der Waals surface area contributed by atoms with Gasteiger partial charge in [-0.2, -0.15) is 0 Å². The lowest BCUT2D eigenvalue weighted by atomic mass is 9.48. The van der Waals surface area contributed by atoms with Crippen molar-refractivity contribution in [1.82, 2.24) is 5.32 Å². The summed E-state index contributed by atoms with van der Waals surface area (Å²) in [5, 5.41) is 37.3. The number of esters is 1. The maximum absolute atomic E-state index is 14.2. The number of rotatable bonds is 3. The van der Waals surface area contributed by atoms with Gasteiger partial charge in [-0.15, -0.1) is 0 Å². The van der Waals surface area contributed by atoms with E-state index in [-0.39, 0.29) is 6.42 Å². The third-order valence-corrected chi connectivity index (χ3v) is 9.08. The molecule has 0 radical (unpaired) electrons. The van der Waals surface area contributed by atoms with E-state index in [0.29, 0.717) is 6.42 Å². The molecule has 0 bridgehead atoms. The molecule has 1 aliphatic heterocycles. The molecular formula is C30H39NO7. The van der Waals surface area contributed by atoms with Gasteiger partial charge in [0.2, 0.25) is 5.91 Å². The van der Waals surface area contributed by atoms with Crippen molar-refractivity contribution in [3.05, 3.63) is 60.2 Å². The van der Waals surface area contributed by atoms with Gasteiger partial charge in [0.25, 0.3) is 0 Å². The fraction of sp³-hybridized carbons (Fsp3) is 0.567. The van der Waals surface area contributed by atoms with Crippen LogP contribution in [0.4, 0.5) is 0 Å². The van der Waals surface area contributed by atoms with Crippen LogP contribution < -0.4 is 5.32 Å². The Bertz CT molecular complexity index is 1140. The average molecular weight is 526 g/mol. The second-order valence-corrected chi connectivity index (χ2v) is 11.7. The van der Waals surface area contributed by atoms with Gasteiger partial charge in [-0.05, 0) is 50.3 Å². The smallest absolute Gasteiger partial charge is 0.303 e. The van der Waals surface area contributed by atoms with Crippen LogP contribution in [0, 0.1) is 29.1 Å². The van der Waals surface area contributed by atoms with Crippen LogP contribution in [-0.2, 0) is 25.5 Å². The first kappa shape index (κ1) is 28.2. The molecule has 4 rings (SSSR count). The Morgan fingerprint density at radius 2 is 1.76 bits per heavy atom. The highest BCUT2D eigenvalue weighted by Crippen LogP contribution is 2.60. The van der Waals surface area contributed by atoms with Gasteiger partial charge in [-0.3, -0.25) is 14.4 Å². The van der Waals surface area contributed by atoms with Gasteiger partial charge in [-0.1, -0.05) is 56.3 Å². The Hall–Kier alpha value is -2.81. The Morgan fingerprint density at radius 1 is 1.11 bits per heavy atom. The molecule has 1 heterocycles. The number of aliphatic hydroxyl groups is 3. The van der Waals surface area contributed by atoms with Crippen molar-refractivity contribution in [2.45, 2.75) is 76.9 Å². The van der Waals surface area contributed by atoms with Crippen LogP contribution in [0.15, 0.2) is 54.6 Å². The molecule has 1 saturated heterocycles. The standard InChI is InChI=1S/C30H39NO7/c1-17-10-9-13-21-26(34)29(5,37)18(2)24-22(16-20-11-7-6-8-12-20)31-27(35)30(21,24)23(38-19(3)32)14-15-28(4,36)25(17)33/h6-9,11-15,17-18,21-24,26,34,36-37H,10,16H2,1-5H3,(H,31,35)/b13-9+,15-14+/t17-,18-,21-,22-,23+,24-,26-,28+,29+,30-/m0/s1. The first-order valence-corrected chi connectivity index (χ1v) is 13.3. The fourth-order valence-electron chi connectivity index (χ4n) is 6.95. The predicted molar refractivity (Wildman–Crippen MR) is 141 cm³/mol. The van der Waals surface area contributed by atoms with Gasteiger partial charge < -0.3 is 25.4 Å². The first-order chi connectivity index (χ1) is 17.7. The van der Waals surface area contributed by atoms with E-state index in [1.165, 1.54) is 26.0 Å². The number of ether oxygens (including phenoxy) is 1. The van der Waals surface area contributed by atoms with Gasteiger partial charge in [0.15, 0.2) is 5.78 Å². The minimum atomic E-state index is -1.86. The highest BCUT2D eigenvalue weighted by Gasteiger charge is 2.72. The summed E-state index contributed by atoms with van der Waals surface area (Å²) in [4.78, 5) is 39.6. The molecule has 3 aliphatic rings. The maximum atomic E-state index is 14.2. The Balaban J connectivity index is 1.97. The maximum Gasteiger partial charge on any atom is 0.303 e. The normalized spacial score (nSPS) is 44.7. The zero-order valence-electron chi connectivity index (χ0n) is 22.6. The molecule has 206 valence electrons. The zero-order chi connectivity index (χ0) is 28.0. The molecule has 8 heteroatoms. The SMILES string of the molecule is CC(=O)O[C@@H]1/C=C/[C@@](C)(O)C(=O)[C@@H](C)C/C=C/[C@H]2[C@H](O)[C@](C)(O)[C@@H](C)[C@H]3[C@H](Cc4ccccc4)NC(=O)[C@]312. The van der Waals surface area contributed by atoms with Crippen LogP contribution in [0.5, 0.6) is 0 Å². The molecule has 2 aliphatic carbocycles. The zero-order valence-corrected chi connectivity index (χ0v) is 22.6. The van der Waals surface area contributed by atoms with Gasteiger partial charge >= 0.3 is 5.97 Å². The number of carbonyl (C=O) groups is 3. The monoisotopic (exact) mass is 525 g/mol. The number of benzene rings is 1. The summed E-state index contributed by atoms with van der Waals surface area (Å²) in [6, 6.07) is 9.21. The number of nitrogens with one attached hydrogen (secondary N) is 1. The number of amides is 1. The molecule has 1 amide bonds. The highest BCUT2D eigenvalue weighted by molar-refractivity contribution is 5.91. The summed E-state index contributed by atoms with van der Waals surface area (Å²) in [5.41, 5.74) is -3.95. The van der Waals surface area contributed by atoms with Crippen LogP contribution in [0.2, 0.25) is 0 Å². The number of hydrogen-bond acceptors (Lipinski definition) is 7. The number of carbonyl (C=O) groups excluding carboxylic acids is 3. The van der Waals surface area contributed by atoms with Gasteiger partial charge in [-0.25, -0.2) is 0 Å². The first-order valence-electron chi connectivity index (χ1n) is 13.3. The lowest BCUT2D eigenvalue weighted by molar-refractivity contribution is -0.217. The van der Waals surface area contributed by atoms with Crippen molar-refractivity contribution < 1.29 is 34.4 Å². The fourth-order valence-corrected chi connectivity index (χ4v) is 6.95. The van der Waals surface area contributed by atoms with Crippen LogP contribution >= 0.6 is 0 Å². The van der Waals surface area contributed by atoms with E-state index >= 15 is 0 Å². The quantitative estimate of drug-likeness (QED) is 0.351. The Kier molecular flexibility index (Phi) is 7.47. The molecule has 0 aromatic heterocycles. The van der Waals surface area contributed by atoms with Gasteiger partial charge in [0, 0.05) is 30.7 Å².